The number of halogens is 2. The number of hydrogen-bond acceptors (Lipinski definition) is 1. The highest BCUT2D eigenvalue weighted by molar-refractivity contribution is 6.36. The minimum Gasteiger partial charge on any atom is -0.383 e. The van der Waals surface area contributed by atoms with E-state index in [1.807, 2.05) is 12.1 Å². The summed E-state index contributed by atoms with van der Waals surface area (Å²) >= 11 is 12.0. The van der Waals surface area contributed by atoms with Gasteiger partial charge in [-0.15, -0.1) is 0 Å². The van der Waals surface area contributed by atoms with Crippen molar-refractivity contribution < 1.29 is 0 Å². The van der Waals surface area contributed by atoms with Crippen LogP contribution in [0, 0.1) is 0 Å². The monoisotopic (exact) mass is 277 g/mol. The van der Waals surface area contributed by atoms with Gasteiger partial charge in [-0.25, -0.2) is 0 Å². The predicted octanol–water partition coefficient (Wildman–Crippen LogP) is 4.75. The second-order valence-corrected chi connectivity index (χ2v) is 5.45. The summed E-state index contributed by atoms with van der Waals surface area (Å²) in [5.74, 6) is 0.591. The lowest BCUT2D eigenvalue weighted by Gasteiger charge is -2.30. The highest BCUT2D eigenvalue weighted by Crippen LogP contribution is 2.35. The lowest BCUT2D eigenvalue weighted by molar-refractivity contribution is 0.636. The van der Waals surface area contributed by atoms with Crippen LogP contribution in [-0.2, 0) is 6.42 Å². The average Bonchev–Trinajstić information content (AvgIpc) is 2.33. The fraction of sp³-hybridized carbons (Fsp3) is 0.200. The Balaban J connectivity index is 1.66. The number of benzene rings is 2. The summed E-state index contributed by atoms with van der Waals surface area (Å²) < 4.78 is 0. The first kappa shape index (κ1) is 11.9. The maximum Gasteiger partial charge on any atom is 0.0652 e. The van der Waals surface area contributed by atoms with Gasteiger partial charge in [0, 0.05) is 17.5 Å². The lowest BCUT2D eigenvalue weighted by Crippen LogP contribution is -2.24. The Morgan fingerprint density at radius 1 is 1.11 bits per heavy atom. The fourth-order valence-electron chi connectivity index (χ4n) is 2.41. The third-order valence-corrected chi connectivity index (χ3v) is 3.98. The van der Waals surface area contributed by atoms with Crippen LogP contribution in [0.1, 0.15) is 17.0 Å². The van der Waals surface area contributed by atoms with Gasteiger partial charge in [-0.1, -0.05) is 47.5 Å². The number of rotatable bonds is 3. The van der Waals surface area contributed by atoms with E-state index < -0.39 is 0 Å². The highest BCUT2D eigenvalue weighted by atomic mass is 35.5. The van der Waals surface area contributed by atoms with Crippen molar-refractivity contribution in [3.63, 3.8) is 0 Å². The molecular formula is C15H13Cl2N. The van der Waals surface area contributed by atoms with E-state index >= 15 is 0 Å². The van der Waals surface area contributed by atoms with Gasteiger partial charge in [0.25, 0.3) is 0 Å². The molecule has 0 radical (unpaired) electrons. The molecular weight excluding hydrogens is 265 g/mol. The SMILES string of the molecule is Clc1ccc(NCC2Cc3ccccc32)c(Cl)c1. The largest absolute Gasteiger partial charge is 0.383 e. The fourth-order valence-corrected chi connectivity index (χ4v) is 2.89. The van der Waals surface area contributed by atoms with Crippen LogP contribution in [0.3, 0.4) is 0 Å². The number of nitrogens with one attached hydrogen (secondary N) is 1. The number of fused-ring (bicyclic) bond motifs is 1. The van der Waals surface area contributed by atoms with E-state index in [0.717, 1.165) is 18.7 Å². The van der Waals surface area contributed by atoms with E-state index in [0.29, 0.717) is 16.0 Å². The molecule has 0 aliphatic heterocycles. The molecule has 18 heavy (non-hydrogen) atoms. The molecule has 1 unspecified atom stereocenters. The van der Waals surface area contributed by atoms with E-state index in [2.05, 4.69) is 29.6 Å². The molecule has 0 saturated carbocycles. The zero-order valence-electron chi connectivity index (χ0n) is 9.79. The summed E-state index contributed by atoms with van der Waals surface area (Å²) in [4.78, 5) is 0. The Hall–Kier alpha value is -1.18. The molecule has 92 valence electrons. The summed E-state index contributed by atoms with van der Waals surface area (Å²) in [6.07, 6.45) is 1.15. The molecule has 3 rings (SSSR count). The summed E-state index contributed by atoms with van der Waals surface area (Å²) in [5, 5.41) is 4.73. The number of anilines is 1. The van der Waals surface area contributed by atoms with Gasteiger partial charge in [0.05, 0.1) is 10.7 Å². The van der Waals surface area contributed by atoms with Crippen LogP contribution in [0.4, 0.5) is 5.69 Å². The normalized spacial score (nSPS) is 16.9. The quantitative estimate of drug-likeness (QED) is 0.854. The molecule has 0 bridgehead atoms. The zero-order valence-corrected chi connectivity index (χ0v) is 11.3. The molecule has 0 saturated heterocycles. The Labute approximate surface area is 117 Å². The first-order chi connectivity index (χ1) is 8.74. The third-order valence-electron chi connectivity index (χ3n) is 3.43. The highest BCUT2D eigenvalue weighted by Gasteiger charge is 2.24. The third kappa shape index (κ3) is 2.21. The first-order valence-electron chi connectivity index (χ1n) is 6.01. The van der Waals surface area contributed by atoms with Gasteiger partial charge in [-0.3, -0.25) is 0 Å². The Bertz CT molecular complexity index is 580. The molecule has 0 spiro atoms. The second kappa shape index (κ2) is 4.83. The van der Waals surface area contributed by atoms with Crippen molar-refractivity contribution in [2.45, 2.75) is 12.3 Å². The summed E-state index contributed by atoms with van der Waals surface area (Å²) in [5.41, 5.74) is 3.87. The minimum atomic E-state index is 0.591. The van der Waals surface area contributed by atoms with Gasteiger partial charge >= 0.3 is 0 Å². The topological polar surface area (TPSA) is 12.0 Å². The van der Waals surface area contributed by atoms with Crippen LogP contribution in [0.25, 0.3) is 0 Å². The number of hydrogen-bond donors (Lipinski definition) is 1. The summed E-state index contributed by atoms with van der Waals surface area (Å²) in [6, 6.07) is 14.1. The second-order valence-electron chi connectivity index (χ2n) is 4.60. The maximum absolute atomic E-state index is 6.13. The predicted molar refractivity (Wildman–Crippen MR) is 77.8 cm³/mol. The van der Waals surface area contributed by atoms with Crippen molar-refractivity contribution in [2.24, 2.45) is 0 Å². The van der Waals surface area contributed by atoms with Crippen molar-refractivity contribution in [2.75, 3.05) is 11.9 Å². The van der Waals surface area contributed by atoms with Gasteiger partial charge in [-0.2, -0.15) is 0 Å². The van der Waals surface area contributed by atoms with Gasteiger partial charge in [0.2, 0.25) is 0 Å². The van der Waals surface area contributed by atoms with E-state index in [1.54, 1.807) is 6.07 Å². The van der Waals surface area contributed by atoms with Crippen LogP contribution in [-0.4, -0.2) is 6.54 Å². The molecule has 0 aromatic heterocycles. The van der Waals surface area contributed by atoms with E-state index in [4.69, 9.17) is 23.2 Å². The Morgan fingerprint density at radius 3 is 2.72 bits per heavy atom. The van der Waals surface area contributed by atoms with Crippen LogP contribution in [0.2, 0.25) is 10.0 Å². The molecule has 1 nitrogen and oxygen atoms in total. The minimum absolute atomic E-state index is 0.591. The van der Waals surface area contributed by atoms with E-state index in [9.17, 15) is 0 Å². The van der Waals surface area contributed by atoms with E-state index in [-0.39, 0.29) is 0 Å². The smallest absolute Gasteiger partial charge is 0.0652 e. The molecule has 3 heteroatoms. The van der Waals surface area contributed by atoms with Crippen LogP contribution >= 0.6 is 23.2 Å². The van der Waals surface area contributed by atoms with Gasteiger partial charge in [0.1, 0.15) is 0 Å². The van der Waals surface area contributed by atoms with Crippen molar-refractivity contribution in [3.8, 4) is 0 Å². The van der Waals surface area contributed by atoms with Crippen LogP contribution in [0.5, 0.6) is 0 Å². The molecule has 1 aliphatic rings. The molecule has 2 aromatic rings. The molecule has 0 fully saturated rings. The summed E-state index contributed by atoms with van der Waals surface area (Å²) in [7, 11) is 0. The van der Waals surface area contributed by atoms with Gasteiger partial charge in [0.15, 0.2) is 0 Å². The molecule has 1 N–H and O–H groups in total. The van der Waals surface area contributed by atoms with Gasteiger partial charge in [-0.05, 0) is 35.7 Å². The standard InChI is InChI=1S/C15H13Cl2N/c16-12-5-6-15(14(17)8-12)18-9-11-7-10-3-1-2-4-13(10)11/h1-6,8,11,18H,7,9H2. The van der Waals surface area contributed by atoms with Crippen molar-refractivity contribution in [3.05, 3.63) is 63.6 Å². The van der Waals surface area contributed by atoms with Gasteiger partial charge < -0.3 is 5.32 Å². The van der Waals surface area contributed by atoms with Crippen molar-refractivity contribution >= 4 is 28.9 Å². The van der Waals surface area contributed by atoms with Crippen molar-refractivity contribution in [1.82, 2.24) is 0 Å². The van der Waals surface area contributed by atoms with Crippen LogP contribution in [0.15, 0.2) is 42.5 Å². The molecule has 2 aromatic carbocycles. The maximum atomic E-state index is 6.13. The first-order valence-corrected chi connectivity index (χ1v) is 6.76. The zero-order chi connectivity index (χ0) is 12.5. The van der Waals surface area contributed by atoms with Crippen molar-refractivity contribution in [1.29, 1.82) is 0 Å². The van der Waals surface area contributed by atoms with Crippen LogP contribution < -0.4 is 5.32 Å². The van der Waals surface area contributed by atoms with E-state index in [1.165, 1.54) is 11.1 Å². The molecule has 0 heterocycles. The molecule has 0 amide bonds. The average molecular weight is 278 g/mol. The molecule has 1 atom stereocenters. The lowest BCUT2D eigenvalue weighted by atomic mass is 9.77. The molecule has 1 aliphatic carbocycles. The Morgan fingerprint density at radius 2 is 1.94 bits per heavy atom. The summed E-state index contributed by atoms with van der Waals surface area (Å²) in [6.45, 7) is 0.915. The Kier molecular flexibility index (Phi) is 3.19.